The molecule has 0 spiro atoms. The largest absolute Gasteiger partial charge is 1.00 e. The first-order chi connectivity index (χ1) is 13.5. The van der Waals surface area contributed by atoms with Crippen molar-refractivity contribution in [3.05, 3.63) is 24.0 Å². The fourth-order valence-corrected chi connectivity index (χ4v) is 3.90. The Balaban J connectivity index is 3.97. The molecule has 0 saturated carbocycles. The Kier molecular flexibility index (Phi) is 19.0. The van der Waals surface area contributed by atoms with Crippen LogP contribution in [0.5, 0.6) is 0 Å². The number of carbonyl (C=O) groups excluding carboxylic acids is 1. The van der Waals surface area contributed by atoms with Crippen molar-refractivity contribution in [1.29, 1.82) is 0 Å². The van der Waals surface area contributed by atoms with Crippen LogP contribution in [0.25, 0.3) is 0 Å². The topological polar surface area (TPSA) is 54.0 Å². The summed E-state index contributed by atoms with van der Waals surface area (Å²) in [5.74, 6) is 0.0578. The van der Waals surface area contributed by atoms with E-state index in [4.69, 9.17) is 16.1 Å². The van der Waals surface area contributed by atoms with Gasteiger partial charge in [0.2, 0.25) is 0 Å². The molecule has 0 aliphatic heterocycles. The fraction of sp³-hybridized carbons (Fsp3) is 0.773. The molecule has 28 heavy (non-hydrogen) atoms. The Morgan fingerprint density at radius 3 is 2.25 bits per heavy atom. The summed E-state index contributed by atoms with van der Waals surface area (Å²) in [4.78, 5) is 11.5. The van der Waals surface area contributed by atoms with E-state index in [1.54, 1.807) is 13.8 Å². The van der Waals surface area contributed by atoms with Gasteiger partial charge in [0.1, 0.15) is 0 Å². The molecule has 0 aliphatic rings. The number of unbranched alkanes of at least 4 members (excludes halogenated alkanes) is 7. The summed E-state index contributed by atoms with van der Waals surface area (Å²) in [6.45, 7) is 10.6. The van der Waals surface area contributed by atoms with Crippen molar-refractivity contribution in [1.82, 2.24) is 0 Å². The number of ether oxygens (including phenoxy) is 1. The number of carbonyl (C=O) groups is 1. The van der Waals surface area contributed by atoms with Gasteiger partial charge in [0, 0.05) is 12.7 Å². The van der Waals surface area contributed by atoms with Crippen LogP contribution in [-0.2, 0) is 20.9 Å². The smallest absolute Gasteiger partial charge is 0.602 e. The molecule has 162 valence electrons. The van der Waals surface area contributed by atoms with Gasteiger partial charge < -0.3 is 16.1 Å². The Labute approximate surface area is 177 Å². The monoisotopic (exact) mass is 412 g/mol. The molecule has 0 bridgehead atoms. The summed E-state index contributed by atoms with van der Waals surface area (Å²) in [7, 11) is 0. The zero-order valence-electron chi connectivity index (χ0n) is 18.7. The molecule has 0 rings (SSSR count). The molecule has 0 aliphatic carbocycles. The molecule has 0 unspecified atom stereocenters. The maximum atomic E-state index is 11.5. The highest BCUT2D eigenvalue weighted by Gasteiger charge is 2.36. The highest BCUT2D eigenvalue weighted by molar-refractivity contribution is 6.36. The highest BCUT2D eigenvalue weighted by Crippen LogP contribution is 2.09. The molecule has 0 aromatic rings. The molecule has 0 N–H and O–H groups in total. The normalized spacial score (nSPS) is 12.0. The zero-order valence-corrected chi connectivity index (χ0v) is 19.9. The highest BCUT2D eigenvalue weighted by atomic mass is 27.3. The summed E-state index contributed by atoms with van der Waals surface area (Å²) in [5.41, 5.74) is 0. The van der Waals surface area contributed by atoms with Gasteiger partial charge in [0.15, 0.2) is 0 Å². The van der Waals surface area contributed by atoms with Crippen LogP contribution in [0.15, 0.2) is 24.0 Å². The molecule has 0 atom stereocenters. The van der Waals surface area contributed by atoms with E-state index >= 15 is 0 Å². The molecule has 5 nitrogen and oxygen atoms in total. The van der Waals surface area contributed by atoms with Crippen molar-refractivity contribution in [3.8, 4) is 0 Å². The second-order valence-electron chi connectivity index (χ2n) is 7.14. The van der Waals surface area contributed by atoms with Crippen LogP contribution in [0.2, 0.25) is 0 Å². The lowest BCUT2D eigenvalue weighted by Crippen LogP contribution is -2.30. The minimum Gasteiger partial charge on any atom is -0.602 e. The van der Waals surface area contributed by atoms with Crippen LogP contribution >= 0.6 is 0 Å². The lowest BCUT2D eigenvalue weighted by Gasteiger charge is -2.17. The average Bonchev–Trinajstić information content (AvgIpc) is 2.62. The number of hydrogen-bond acceptors (Lipinski definition) is 5. The van der Waals surface area contributed by atoms with E-state index in [9.17, 15) is 4.79 Å². The van der Waals surface area contributed by atoms with Crippen molar-refractivity contribution < 1.29 is 20.9 Å². The number of esters is 1. The van der Waals surface area contributed by atoms with Crippen LogP contribution < -0.4 is 0 Å². The van der Waals surface area contributed by atoms with E-state index in [1.807, 2.05) is 13.8 Å². The van der Waals surface area contributed by atoms with Gasteiger partial charge in [-0.1, -0.05) is 51.2 Å². The second-order valence-corrected chi connectivity index (χ2v) is 8.56. The van der Waals surface area contributed by atoms with Crippen LogP contribution in [0.1, 0.15) is 92.4 Å². The van der Waals surface area contributed by atoms with Gasteiger partial charge in [0.05, 0.1) is 18.4 Å². The molecule has 0 heterocycles. The minimum absolute atomic E-state index is 0.0179. The van der Waals surface area contributed by atoms with Crippen LogP contribution in [0, 0.1) is 0 Å². The van der Waals surface area contributed by atoms with E-state index < -0.39 is 21.1 Å². The van der Waals surface area contributed by atoms with Gasteiger partial charge in [-0.25, -0.2) is 4.79 Å². The van der Waals surface area contributed by atoms with Gasteiger partial charge in [0.25, 0.3) is 0 Å². The van der Waals surface area contributed by atoms with E-state index in [2.05, 4.69) is 19.1 Å². The second kappa shape index (κ2) is 19.5. The minimum atomic E-state index is -2.31. The maximum Gasteiger partial charge on any atom is 1.00 e. The van der Waals surface area contributed by atoms with Gasteiger partial charge in [-0.3, -0.25) is 0 Å². The summed E-state index contributed by atoms with van der Waals surface area (Å²) in [6, 6.07) is 0. The van der Waals surface area contributed by atoms with Crippen LogP contribution in [-0.4, -0.2) is 40.4 Å². The quantitative estimate of drug-likeness (QED) is 0.0692. The van der Waals surface area contributed by atoms with Gasteiger partial charge in [-0.15, -0.1) is 0 Å². The summed E-state index contributed by atoms with van der Waals surface area (Å²) < 4.78 is 22.2. The third-order valence-corrected chi connectivity index (χ3v) is 5.77. The standard InChI is InChI=1S/C13H25O.C6H10O3.C3H7O.Al/c1-2-3-4-5-6-7-8-9-10-11-12-13-14;1-3-9-6(8)4-5(2)7;1-3(2)4;/h9-10H,2-8,11-13H2,1H3;4,7H,3H2,1-2H3;3H,1-2H3;/q-1;;-1;+3/p-1/b10-9+;5-4-;;. The van der Waals surface area contributed by atoms with E-state index in [0.717, 1.165) is 12.8 Å². The molecule has 0 fully saturated rings. The van der Waals surface area contributed by atoms with Gasteiger partial charge in [-0.05, 0) is 53.4 Å². The molecule has 6 heteroatoms. The first kappa shape index (κ1) is 27.2. The molecule has 0 amide bonds. The average molecular weight is 413 g/mol. The third-order valence-electron chi connectivity index (χ3n) is 3.93. The van der Waals surface area contributed by atoms with Crippen LogP contribution in [0.3, 0.4) is 0 Å². The fourth-order valence-electron chi connectivity index (χ4n) is 2.52. The number of hydrogen-bond donors (Lipinski definition) is 0. The SMILES string of the molecule is CCCCCCCC/C=C/CCC[O][Al]([O]/C(C)=C\C(=O)OCC)[O]C(C)C. The Morgan fingerprint density at radius 2 is 1.61 bits per heavy atom. The van der Waals surface area contributed by atoms with E-state index in [1.165, 1.54) is 51.0 Å². The first-order valence-electron chi connectivity index (χ1n) is 10.9. The van der Waals surface area contributed by atoms with E-state index in [-0.39, 0.29) is 6.10 Å². The summed E-state index contributed by atoms with van der Waals surface area (Å²) >= 11 is -2.31. The molecule has 0 radical (unpaired) electrons. The predicted molar refractivity (Wildman–Crippen MR) is 116 cm³/mol. The lowest BCUT2D eigenvalue weighted by molar-refractivity contribution is -0.137. The van der Waals surface area contributed by atoms with Crippen LogP contribution in [0.4, 0.5) is 0 Å². The Hall–Kier alpha value is -0.798. The summed E-state index contributed by atoms with van der Waals surface area (Å²) in [6.07, 6.45) is 17.0. The third kappa shape index (κ3) is 18.6. The molecule has 0 aromatic carbocycles. The van der Waals surface area contributed by atoms with Crippen molar-refractivity contribution in [2.24, 2.45) is 0 Å². The predicted octanol–water partition coefficient (Wildman–Crippen LogP) is 5.98. The van der Waals surface area contributed by atoms with Crippen molar-refractivity contribution in [2.75, 3.05) is 13.2 Å². The Bertz CT molecular complexity index is 435. The molecular formula is C22H41AlO5. The van der Waals surface area contributed by atoms with Crippen molar-refractivity contribution in [3.63, 3.8) is 0 Å². The first-order valence-corrected chi connectivity index (χ1v) is 12.3. The van der Waals surface area contributed by atoms with Crippen molar-refractivity contribution in [2.45, 2.75) is 98.5 Å². The van der Waals surface area contributed by atoms with E-state index in [0.29, 0.717) is 19.0 Å². The zero-order chi connectivity index (χ0) is 21.0. The lowest BCUT2D eigenvalue weighted by atomic mass is 10.1. The molecule has 0 saturated heterocycles. The number of rotatable bonds is 18. The number of allylic oxidation sites excluding steroid dienone is 3. The Morgan fingerprint density at radius 1 is 0.964 bits per heavy atom. The molecular weight excluding hydrogens is 371 g/mol. The van der Waals surface area contributed by atoms with Gasteiger partial charge >= 0.3 is 21.1 Å². The molecule has 0 aromatic heterocycles. The van der Waals surface area contributed by atoms with Crippen molar-refractivity contribution >= 4 is 21.1 Å². The maximum absolute atomic E-state index is 11.5. The van der Waals surface area contributed by atoms with Gasteiger partial charge in [-0.2, -0.15) is 0 Å². The summed E-state index contributed by atoms with van der Waals surface area (Å²) in [5, 5.41) is 0.